The summed E-state index contributed by atoms with van der Waals surface area (Å²) in [5, 5.41) is 12.4. The van der Waals surface area contributed by atoms with Crippen LogP contribution in [0.3, 0.4) is 0 Å². The van der Waals surface area contributed by atoms with E-state index in [1.165, 1.54) is 36.4 Å². The molecule has 3 rings (SSSR count). The van der Waals surface area contributed by atoms with E-state index in [2.05, 4.69) is 5.32 Å². The van der Waals surface area contributed by atoms with Crippen molar-refractivity contribution < 1.29 is 27.9 Å². The van der Waals surface area contributed by atoms with Gasteiger partial charge in [-0.25, -0.2) is 0 Å². The number of aliphatic carboxylic acids is 1. The lowest BCUT2D eigenvalue weighted by atomic mass is 9.85. The van der Waals surface area contributed by atoms with Crippen LogP contribution in [0.5, 0.6) is 0 Å². The van der Waals surface area contributed by atoms with Crippen molar-refractivity contribution in [1.29, 1.82) is 0 Å². The maximum Gasteiger partial charge on any atom is 0.392 e. The minimum Gasteiger partial charge on any atom is -0.481 e. The van der Waals surface area contributed by atoms with Crippen LogP contribution < -0.4 is 5.32 Å². The van der Waals surface area contributed by atoms with Crippen LogP contribution >= 0.6 is 34.8 Å². The Morgan fingerprint density at radius 3 is 2.23 bits per heavy atom. The predicted molar refractivity (Wildman–Crippen MR) is 131 cm³/mol. The molecule has 35 heavy (non-hydrogen) atoms. The van der Waals surface area contributed by atoms with Gasteiger partial charge >= 0.3 is 12.1 Å². The molecule has 0 saturated heterocycles. The first-order valence-corrected chi connectivity index (χ1v) is 11.4. The van der Waals surface area contributed by atoms with Crippen LogP contribution in [0.15, 0.2) is 60.7 Å². The van der Waals surface area contributed by atoms with Gasteiger partial charge in [0.1, 0.15) is 0 Å². The minimum absolute atomic E-state index is 0.0590. The lowest BCUT2D eigenvalue weighted by Gasteiger charge is -2.26. The minimum atomic E-state index is -4.64. The van der Waals surface area contributed by atoms with E-state index in [1.54, 1.807) is 24.3 Å². The highest BCUT2D eigenvalue weighted by atomic mass is 35.5. The second-order valence-corrected chi connectivity index (χ2v) is 9.14. The van der Waals surface area contributed by atoms with Crippen LogP contribution in [0.4, 0.5) is 18.9 Å². The standard InChI is InChI=1S/C25H19Cl3F3NO3/c1-13(25(29,30)31)22(14-5-8-17(26)9-6-14)24(35)32-20-11-16(7-10-18(20)27)23-15(12-21(33)34)3-2-4-19(23)28/h2-11,13,22H,12H2,1H3,(H,32,35)(H,33,34)/t13-,22+/m1/s1. The molecule has 3 aromatic carbocycles. The highest BCUT2D eigenvalue weighted by molar-refractivity contribution is 6.35. The van der Waals surface area contributed by atoms with Gasteiger partial charge in [0.05, 0.1) is 29.0 Å². The highest BCUT2D eigenvalue weighted by Crippen LogP contribution is 2.40. The van der Waals surface area contributed by atoms with Gasteiger partial charge in [0.25, 0.3) is 0 Å². The zero-order valence-electron chi connectivity index (χ0n) is 18.2. The van der Waals surface area contributed by atoms with Gasteiger partial charge in [-0.05, 0) is 47.0 Å². The van der Waals surface area contributed by atoms with Crippen molar-refractivity contribution in [3.63, 3.8) is 0 Å². The molecule has 4 nitrogen and oxygen atoms in total. The summed E-state index contributed by atoms with van der Waals surface area (Å²) in [6.45, 7) is 0.929. The van der Waals surface area contributed by atoms with Crippen LogP contribution in [0.1, 0.15) is 24.0 Å². The van der Waals surface area contributed by atoms with E-state index in [-0.39, 0.29) is 27.7 Å². The second kappa shape index (κ2) is 10.9. The molecule has 0 fully saturated rings. The number of carboxylic acid groups (broad SMARTS) is 1. The van der Waals surface area contributed by atoms with Gasteiger partial charge in [0.2, 0.25) is 5.91 Å². The fourth-order valence-corrected chi connectivity index (χ4v) is 4.31. The van der Waals surface area contributed by atoms with E-state index >= 15 is 0 Å². The fraction of sp³-hybridized carbons (Fsp3) is 0.200. The summed E-state index contributed by atoms with van der Waals surface area (Å²) < 4.78 is 40.9. The van der Waals surface area contributed by atoms with E-state index in [9.17, 15) is 27.9 Å². The molecule has 2 N–H and O–H groups in total. The smallest absolute Gasteiger partial charge is 0.392 e. The molecule has 3 aromatic rings. The normalized spacial score (nSPS) is 13.2. The first-order valence-electron chi connectivity index (χ1n) is 10.3. The molecule has 0 unspecified atom stereocenters. The van der Waals surface area contributed by atoms with E-state index in [1.807, 2.05) is 0 Å². The molecule has 2 atom stereocenters. The Morgan fingerprint density at radius 2 is 1.63 bits per heavy atom. The zero-order chi connectivity index (χ0) is 25.9. The van der Waals surface area contributed by atoms with Gasteiger partial charge in [0, 0.05) is 15.6 Å². The monoisotopic (exact) mass is 543 g/mol. The van der Waals surface area contributed by atoms with Gasteiger partial charge < -0.3 is 10.4 Å². The zero-order valence-corrected chi connectivity index (χ0v) is 20.4. The Morgan fingerprint density at radius 1 is 0.971 bits per heavy atom. The maximum atomic E-state index is 13.6. The van der Waals surface area contributed by atoms with Crippen LogP contribution in [0.2, 0.25) is 15.1 Å². The number of carboxylic acids is 1. The molecular formula is C25H19Cl3F3NO3. The average Bonchev–Trinajstić information content (AvgIpc) is 2.76. The lowest BCUT2D eigenvalue weighted by Crippen LogP contribution is -2.34. The van der Waals surface area contributed by atoms with Crippen molar-refractivity contribution in [3.05, 3.63) is 86.9 Å². The van der Waals surface area contributed by atoms with E-state index in [0.717, 1.165) is 6.92 Å². The molecule has 184 valence electrons. The number of nitrogens with one attached hydrogen (secondary N) is 1. The number of anilines is 1. The summed E-state index contributed by atoms with van der Waals surface area (Å²) >= 11 is 18.4. The Bertz CT molecular complexity index is 1250. The third-order valence-corrected chi connectivity index (χ3v) is 6.38. The molecule has 0 saturated carbocycles. The van der Waals surface area contributed by atoms with Crippen molar-refractivity contribution in [2.45, 2.75) is 25.4 Å². The topological polar surface area (TPSA) is 66.4 Å². The van der Waals surface area contributed by atoms with Crippen molar-refractivity contribution in [1.82, 2.24) is 0 Å². The number of amides is 1. The van der Waals surface area contributed by atoms with Crippen LogP contribution in [0, 0.1) is 5.92 Å². The number of benzene rings is 3. The van der Waals surface area contributed by atoms with Crippen molar-refractivity contribution in [2.24, 2.45) is 5.92 Å². The van der Waals surface area contributed by atoms with Gasteiger partial charge in [-0.3, -0.25) is 9.59 Å². The molecule has 10 heteroatoms. The van der Waals surface area contributed by atoms with Crippen LogP contribution in [-0.4, -0.2) is 23.2 Å². The number of halogens is 6. The number of alkyl halides is 3. The van der Waals surface area contributed by atoms with Gasteiger partial charge in [-0.2, -0.15) is 13.2 Å². The SMILES string of the molecule is C[C@H]([C@H](C(=O)Nc1cc(-c2c(Cl)cccc2CC(=O)O)ccc1Cl)c1ccc(Cl)cc1)C(F)(F)F. The van der Waals surface area contributed by atoms with Gasteiger partial charge in [-0.15, -0.1) is 0 Å². The number of carbonyl (C=O) groups excluding carboxylic acids is 1. The molecule has 0 bridgehead atoms. The predicted octanol–water partition coefficient (Wildman–Crippen LogP) is 7.86. The van der Waals surface area contributed by atoms with Crippen molar-refractivity contribution in [2.75, 3.05) is 5.32 Å². The third-order valence-electron chi connectivity index (χ3n) is 5.48. The molecule has 0 aliphatic heterocycles. The van der Waals surface area contributed by atoms with Crippen molar-refractivity contribution in [3.8, 4) is 11.1 Å². The van der Waals surface area contributed by atoms with Gasteiger partial charge in [0.15, 0.2) is 0 Å². The maximum absolute atomic E-state index is 13.6. The molecule has 0 radical (unpaired) electrons. The quantitative estimate of drug-likeness (QED) is 0.318. The summed E-state index contributed by atoms with van der Waals surface area (Å²) in [4.78, 5) is 24.4. The Balaban J connectivity index is 2.02. The van der Waals surface area contributed by atoms with Gasteiger partial charge in [-0.1, -0.05) is 72.1 Å². The largest absolute Gasteiger partial charge is 0.481 e. The van der Waals surface area contributed by atoms with Crippen LogP contribution in [0.25, 0.3) is 11.1 Å². The highest BCUT2D eigenvalue weighted by Gasteiger charge is 2.45. The second-order valence-electron chi connectivity index (χ2n) is 7.89. The van der Waals surface area contributed by atoms with E-state index in [4.69, 9.17) is 34.8 Å². The molecule has 1 amide bonds. The molecular weight excluding hydrogens is 526 g/mol. The number of carbonyl (C=O) groups is 2. The van der Waals surface area contributed by atoms with E-state index < -0.39 is 29.9 Å². The Kier molecular flexibility index (Phi) is 8.36. The number of hydrogen-bond donors (Lipinski definition) is 2. The first kappa shape index (κ1) is 26.9. The lowest BCUT2D eigenvalue weighted by molar-refractivity contribution is -0.178. The fourth-order valence-electron chi connectivity index (χ4n) is 3.72. The average molecular weight is 545 g/mol. The summed E-state index contributed by atoms with van der Waals surface area (Å²) in [6, 6.07) is 14.8. The molecule has 0 aromatic heterocycles. The van der Waals surface area contributed by atoms with Crippen molar-refractivity contribution >= 4 is 52.4 Å². The Labute approximate surface area is 214 Å². The van der Waals surface area contributed by atoms with Crippen LogP contribution in [-0.2, 0) is 16.0 Å². The summed E-state index contributed by atoms with van der Waals surface area (Å²) in [6.07, 6.45) is -4.95. The molecule has 0 aliphatic rings. The summed E-state index contributed by atoms with van der Waals surface area (Å²) in [5.41, 5.74) is 1.48. The molecule has 0 aliphatic carbocycles. The number of rotatable bonds is 7. The summed E-state index contributed by atoms with van der Waals surface area (Å²) in [7, 11) is 0. The first-order chi connectivity index (χ1) is 16.4. The number of hydrogen-bond acceptors (Lipinski definition) is 2. The Hall–Kier alpha value is -2.74. The molecule has 0 spiro atoms. The third kappa shape index (κ3) is 6.48. The molecule has 0 heterocycles. The van der Waals surface area contributed by atoms with E-state index in [0.29, 0.717) is 21.7 Å². The summed E-state index contributed by atoms with van der Waals surface area (Å²) in [5.74, 6) is -5.56.